The maximum Gasteiger partial charge on any atom is 0.253 e. The van der Waals surface area contributed by atoms with Gasteiger partial charge in [-0.15, -0.1) is 0 Å². The number of nitrogens with zero attached hydrogens (tertiary/aromatic N) is 1. The van der Waals surface area contributed by atoms with Crippen molar-refractivity contribution in [2.24, 2.45) is 5.41 Å². The van der Waals surface area contributed by atoms with E-state index in [2.05, 4.69) is 10.6 Å². The third-order valence-corrected chi connectivity index (χ3v) is 3.61. The van der Waals surface area contributed by atoms with E-state index < -0.39 is 23.3 Å². The molecule has 0 bridgehead atoms. The predicted molar refractivity (Wildman–Crippen MR) is 87.6 cm³/mol. The number of rotatable bonds is 9. The number of amides is 4. The van der Waals surface area contributed by atoms with Crippen LogP contribution in [0.1, 0.15) is 20.3 Å². The second-order valence-electron chi connectivity index (χ2n) is 6.20. The number of imide groups is 1. The molecule has 1 atom stereocenters. The zero-order chi connectivity index (χ0) is 19.0. The van der Waals surface area contributed by atoms with Crippen molar-refractivity contribution in [3.63, 3.8) is 0 Å². The van der Waals surface area contributed by atoms with Crippen molar-refractivity contribution >= 4 is 23.6 Å². The molecule has 0 aromatic heterocycles. The first-order valence-corrected chi connectivity index (χ1v) is 7.76. The lowest BCUT2D eigenvalue weighted by molar-refractivity contribution is -0.137. The smallest absolute Gasteiger partial charge is 0.253 e. The Morgan fingerprint density at radius 2 is 1.88 bits per heavy atom. The molecule has 4 N–H and O–H groups in total. The van der Waals surface area contributed by atoms with Crippen molar-refractivity contribution in [2.75, 3.05) is 19.7 Å². The minimum absolute atomic E-state index is 0.202. The molecule has 0 fully saturated rings. The van der Waals surface area contributed by atoms with Crippen LogP contribution in [0.4, 0.5) is 0 Å². The monoisotopic (exact) mass is 353 g/mol. The van der Waals surface area contributed by atoms with Gasteiger partial charge < -0.3 is 20.8 Å². The summed E-state index contributed by atoms with van der Waals surface area (Å²) in [6, 6.07) is 0. The predicted octanol–water partition coefficient (Wildman–Crippen LogP) is -1.57. The first kappa shape index (κ1) is 20.5. The van der Waals surface area contributed by atoms with Crippen molar-refractivity contribution in [1.29, 1.82) is 0 Å². The van der Waals surface area contributed by atoms with Crippen molar-refractivity contribution < 1.29 is 29.4 Å². The summed E-state index contributed by atoms with van der Waals surface area (Å²) in [4.78, 5) is 46.9. The highest BCUT2D eigenvalue weighted by molar-refractivity contribution is 6.12. The van der Waals surface area contributed by atoms with E-state index in [1.807, 2.05) is 0 Å². The van der Waals surface area contributed by atoms with E-state index in [-0.39, 0.29) is 31.5 Å². The van der Waals surface area contributed by atoms with Gasteiger partial charge in [-0.2, -0.15) is 0 Å². The molecule has 25 heavy (non-hydrogen) atoms. The van der Waals surface area contributed by atoms with Gasteiger partial charge in [0.1, 0.15) is 6.10 Å². The maximum absolute atomic E-state index is 11.7. The summed E-state index contributed by atoms with van der Waals surface area (Å²) in [5, 5.41) is 23.6. The minimum atomic E-state index is -1.42. The van der Waals surface area contributed by atoms with E-state index in [1.165, 1.54) is 26.0 Å². The largest absolute Gasteiger partial charge is 0.396 e. The normalized spacial score (nSPS) is 15.8. The molecule has 0 unspecified atom stereocenters. The first-order valence-electron chi connectivity index (χ1n) is 7.76. The molecular weight excluding hydrogens is 330 g/mol. The van der Waals surface area contributed by atoms with Crippen molar-refractivity contribution in [3.05, 3.63) is 24.4 Å². The van der Waals surface area contributed by atoms with E-state index >= 15 is 0 Å². The number of carbonyl (C=O) groups excluding carboxylic acids is 4. The van der Waals surface area contributed by atoms with Crippen LogP contribution < -0.4 is 10.6 Å². The Labute approximate surface area is 145 Å². The van der Waals surface area contributed by atoms with Gasteiger partial charge in [0, 0.05) is 42.9 Å². The molecule has 0 radical (unpaired) electrons. The second kappa shape index (κ2) is 9.09. The van der Waals surface area contributed by atoms with Gasteiger partial charge in [0.15, 0.2) is 0 Å². The fourth-order valence-electron chi connectivity index (χ4n) is 1.88. The van der Waals surface area contributed by atoms with Gasteiger partial charge in [0.05, 0.1) is 6.61 Å². The number of aliphatic hydroxyl groups is 2. The van der Waals surface area contributed by atoms with Crippen LogP contribution in [0, 0.1) is 5.41 Å². The summed E-state index contributed by atoms with van der Waals surface area (Å²) in [7, 11) is 0. The minimum Gasteiger partial charge on any atom is -0.396 e. The van der Waals surface area contributed by atoms with Crippen LogP contribution in [0.2, 0.25) is 0 Å². The molecule has 0 aromatic rings. The second-order valence-corrected chi connectivity index (χ2v) is 6.20. The van der Waals surface area contributed by atoms with Crippen LogP contribution in [0.25, 0.3) is 0 Å². The summed E-state index contributed by atoms with van der Waals surface area (Å²) in [6.07, 6.45) is 3.52. The molecule has 9 nitrogen and oxygen atoms in total. The maximum atomic E-state index is 11.7. The quantitative estimate of drug-likeness (QED) is 0.225. The summed E-state index contributed by atoms with van der Waals surface area (Å²) in [6.45, 7) is 3.13. The molecule has 0 aliphatic carbocycles. The van der Waals surface area contributed by atoms with Crippen LogP contribution in [0.3, 0.4) is 0 Å². The topological polar surface area (TPSA) is 136 Å². The molecule has 4 amide bonds. The lowest BCUT2D eigenvalue weighted by Crippen LogP contribution is -2.44. The summed E-state index contributed by atoms with van der Waals surface area (Å²) in [5.74, 6) is -1.96. The van der Waals surface area contributed by atoms with Gasteiger partial charge in [-0.05, 0) is 6.42 Å². The zero-order valence-corrected chi connectivity index (χ0v) is 14.2. The Morgan fingerprint density at radius 3 is 2.44 bits per heavy atom. The van der Waals surface area contributed by atoms with Gasteiger partial charge >= 0.3 is 0 Å². The molecule has 0 saturated heterocycles. The standard InChI is InChI=1S/C16H23N3O6/c1-16(2,10-20)14(24)15(25)18-8-6-11(21)17-7-3-9-19-12(22)4-5-13(19)23/h4-6,8,14,20,24H,3,7,9-10H2,1-2H3,(H,17,21)(H,18,25)/b8-6-/t14-/m0/s1. The lowest BCUT2D eigenvalue weighted by Gasteiger charge is -2.26. The fraction of sp³-hybridized carbons (Fsp3) is 0.500. The van der Waals surface area contributed by atoms with Gasteiger partial charge in [0.2, 0.25) is 5.91 Å². The van der Waals surface area contributed by atoms with Crippen LogP contribution in [-0.4, -0.2) is 64.5 Å². The van der Waals surface area contributed by atoms with Gasteiger partial charge in [0.25, 0.3) is 17.7 Å². The van der Waals surface area contributed by atoms with Crippen LogP contribution in [0.15, 0.2) is 24.4 Å². The van der Waals surface area contributed by atoms with Crippen LogP contribution in [0.5, 0.6) is 0 Å². The first-order chi connectivity index (χ1) is 11.7. The summed E-state index contributed by atoms with van der Waals surface area (Å²) < 4.78 is 0. The van der Waals surface area contributed by atoms with E-state index in [9.17, 15) is 24.3 Å². The van der Waals surface area contributed by atoms with E-state index in [0.29, 0.717) is 6.42 Å². The Kier molecular flexibility index (Phi) is 7.46. The van der Waals surface area contributed by atoms with Crippen molar-refractivity contribution in [1.82, 2.24) is 15.5 Å². The molecule has 0 saturated carbocycles. The molecule has 1 heterocycles. The molecule has 1 aliphatic rings. The molecule has 0 spiro atoms. The number of aliphatic hydroxyl groups excluding tert-OH is 2. The zero-order valence-electron chi connectivity index (χ0n) is 14.2. The highest BCUT2D eigenvalue weighted by Gasteiger charge is 2.32. The number of carbonyl (C=O) groups is 4. The molecule has 0 aromatic carbocycles. The Bertz CT molecular complexity index is 579. The summed E-state index contributed by atoms with van der Waals surface area (Å²) >= 11 is 0. The number of hydrogen-bond acceptors (Lipinski definition) is 6. The fourth-order valence-corrected chi connectivity index (χ4v) is 1.88. The highest BCUT2D eigenvalue weighted by Crippen LogP contribution is 2.19. The van der Waals surface area contributed by atoms with Crippen LogP contribution in [-0.2, 0) is 19.2 Å². The Hall–Kier alpha value is -2.52. The molecule has 1 aliphatic heterocycles. The van der Waals surface area contributed by atoms with Gasteiger partial charge in [-0.3, -0.25) is 24.1 Å². The molecule has 9 heteroatoms. The number of nitrogens with one attached hydrogen (secondary N) is 2. The average Bonchev–Trinajstić information content (AvgIpc) is 2.89. The lowest BCUT2D eigenvalue weighted by atomic mass is 9.87. The Balaban J connectivity index is 2.26. The Morgan fingerprint density at radius 1 is 1.28 bits per heavy atom. The molecule has 1 rings (SSSR count). The third kappa shape index (κ3) is 6.12. The molecular formula is C16H23N3O6. The van der Waals surface area contributed by atoms with E-state index in [1.54, 1.807) is 0 Å². The highest BCUT2D eigenvalue weighted by atomic mass is 16.3. The van der Waals surface area contributed by atoms with E-state index in [0.717, 1.165) is 17.2 Å². The SMILES string of the molecule is CC(C)(CO)[C@@H](O)C(=O)N/C=C\C(=O)NCCCN1C(=O)C=CC1=O. The van der Waals surface area contributed by atoms with Crippen LogP contribution >= 0.6 is 0 Å². The van der Waals surface area contributed by atoms with Gasteiger partial charge in [-0.1, -0.05) is 13.8 Å². The third-order valence-electron chi connectivity index (χ3n) is 3.61. The number of hydrogen-bond donors (Lipinski definition) is 4. The van der Waals surface area contributed by atoms with Crippen molar-refractivity contribution in [2.45, 2.75) is 26.4 Å². The van der Waals surface area contributed by atoms with E-state index in [4.69, 9.17) is 5.11 Å². The summed E-state index contributed by atoms with van der Waals surface area (Å²) in [5.41, 5.74) is -1.00. The van der Waals surface area contributed by atoms with Gasteiger partial charge in [-0.25, -0.2) is 0 Å². The van der Waals surface area contributed by atoms with Crippen molar-refractivity contribution in [3.8, 4) is 0 Å². The average molecular weight is 353 g/mol. The molecule has 138 valence electrons.